The fourth-order valence-corrected chi connectivity index (χ4v) is 3.14. The first-order valence-electron chi connectivity index (χ1n) is 7.07. The van der Waals surface area contributed by atoms with Crippen molar-refractivity contribution in [3.05, 3.63) is 52.5 Å². The third-order valence-electron chi connectivity index (χ3n) is 3.50. The Morgan fingerprint density at radius 1 is 1.30 bits per heavy atom. The smallest absolute Gasteiger partial charge is 0.255 e. The fraction of sp³-hybridized carbons (Fsp3) is 0.176. The number of aromatic nitrogens is 1. The van der Waals surface area contributed by atoms with Crippen LogP contribution in [0.15, 0.2) is 36.4 Å². The molecule has 0 atom stereocenters. The molecule has 3 aromatic rings. The number of ether oxygens (including phenoxy) is 1. The molecule has 0 radical (unpaired) electrons. The number of hydrogen-bond donors (Lipinski definition) is 2. The van der Waals surface area contributed by atoms with Crippen molar-refractivity contribution >= 4 is 33.1 Å². The van der Waals surface area contributed by atoms with Gasteiger partial charge in [-0.15, -0.1) is 11.3 Å². The highest BCUT2D eigenvalue weighted by atomic mass is 32.1. The number of methoxy groups -OCH3 is 1. The first-order valence-corrected chi connectivity index (χ1v) is 7.88. The number of aliphatic hydroxyl groups is 1. The molecule has 1 heterocycles. The molecule has 0 spiro atoms. The van der Waals surface area contributed by atoms with Gasteiger partial charge in [0.15, 0.2) is 0 Å². The number of carbonyl (C=O) groups is 1. The predicted octanol–water partition coefficient (Wildman–Crippen LogP) is 3.36. The summed E-state index contributed by atoms with van der Waals surface area (Å²) in [5.41, 5.74) is 2.88. The second kappa shape index (κ2) is 6.36. The average Bonchev–Trinajstić information content (AvgIpc) is 2.96. The van der Waals surface area contributed by atoms with Gasteiger partial charge in [0.25, 0.3) is 5.91 Å². The van der Waals surface area contributed by atoms with E-state index < -0.39 is 0 Å². The molecular weight excluding hydrogens is 312 g/mol. The van der Waals surface area contributed by atoms with Crippen molar-refractivity contribution in [2.45, 2.75) is 13.5 Å². The van der Waals surface area contributed by atoms with Crippen LogP contribution >= 0.6 is 11.3 Å². The van der Waals surface area contributed by atoms with Gasteiger partial charge >= 0.3 is 0 Å². The van der Waals surface area contributed by atoms with Crippen LogP contribution in [-0.2, 0) is 6.61 Å². The number of nitrogens with one attached hydrogen (secondary N) is 1. The van der Waals surface area contributed by atoms with E-state index in [0.29, 0.717) is 16.3 Å². The monoisotopic (exact) mass is 328 g/mol. The molecule has 3 rings (SSSR count). The van der Waals surface area contributed by atoms with Crippen molar-refractivity contribution in [3.63, 3.8) is 0 Å². The topological polar surface area (TPSA) is 71.5 Å². The van der Waals surface area contributed by atoms with Crippen LogP contribution in [0.5, 0.6) is 5.75 Å². The van der Waals surface area contributed by atoms with Crippen molar-refractivity contribution in [2.75, 3.05) is 12.4 Å². The number of anilines is 1. The molecule has 1 aromatic heterocycles. The maximum absolute atomic E-state index is 12.4. The number of rotatable bonds is 4. The zero-order chi connectivity index (χ0) is 16.4. The Labute approximate surface area is 137 Å². The molecule has 5 nitrogen and oxygen atoms in total. The lowest BCUT2D eigenvalue weighted by Crippen LogP contribution is -2.13. The number of amides is 1. The van der Waals surface area contributed by atoms with Gasteiger partial charge in [0.1, 0.15) is 10.8 Å². The Morgan fingerprint density at radius 2 is 2.13 bits per heavy atom. The Bertz CT molecular complexity index is 873. The lowest BCUT2D eigenvalue weighted by atomic mass is 10.1. The first kappa shape index (κ1) is 15.5. The Hall–Kier alpha value is -2.44. The minimum absolute atomic E-state index is 0.0773. The normalized spacial score (nSPS) is 10.7. The highest BCUT2D eigenvalue weighted by Gasteiger charge is 2.11. The quantitative estimate of drug-likeness (QED) is 0.770. The van der Waals surface area contributed by atoms with Crippen LogP contribution < -0.4 is 10.1 Å². The van der Waals surface area contributed by atoms with Crippen LogP contribution in [0.2, 0.25) is 0 Å². The molecular formula is C17H16N2O3S. The Morgan fingerprint density at radius 3 is 2.83 bits per heavy atom. The molecule has 6 heteroatoms. The lowest BCUT2D eigenvalue weighted by molar-refractivity contribution is 0.102. The van der Waals surface area contributed by atoms with Gasteiger partial charge in [0.05, 0.1) is 23.9 Å². The average molecular weight is 328 g/mol. The van der Waals surface area contributed by atoms with Crippen LogP contribution in [0.1, 0.15) is 20.9 Å². The summed E-state index contributed by atoms with van der Waals surface area (Å²) in [6.07, 6.45) is 0. The zero-order valence-corrected chi connectivity index (χ0v) is 13.6. The summed E-state index contributed by atoms with van der Waals surface area (Å²) < 4.78 is 6.13. The van der Waals surface area contributed by atoms with Crippen molar-refractivity contribution in [1.82, 2.24) is 4.98 Å². The summed E-state index contributed by atoms with van der Waals surface area (Å²) in [4.78, 5) is 16.7. The largest absolute Gasteiger partial charge is 0.497 e. The van der Waals surface area contributed by atoms with Crippen LogP contribution in [0, 0.1) is 6.92 Å². The molecule has 118 valence electrons. The van der Waals surface area contributed by atoms with Gasteiger partial charge in [-0.1, -0.05) is 0 Å². The maximum atomic E-state index is 12.4. The Kier molecular flexibility index (Phi) is 4.27. The van der Waals surface area contributed by atoms with E-state index in [9.17, 15) is 4.79 Å². The number of thiazole rings is 1. The van der Waals surface area contributed by atoms with Crippen molar-refractivity contribution in [1.29, 1.82) is 0 Å². The molecule has 0 unspecified atom stereocenters. The molecule has 2 aromatic carbocycles. The number of carbonyl (C=O) groups excluding carboxylic acids is 1. The van der Waals surface area contributed by atoms with Gasteiger partial charge in [0.2, 0.25) is 0 Å². The molecule has 23 heavy (non-hydrogen) atoms. The predicted molar refractivity (Wildman–Crippen MR) is 91.2 cm³/mol. The molecule has 0 fully saturated rings. The van der Waals surface area contributed by atoms with E-state index in [1.54, 1.807) is 19.2 Å². The van der Waals surface area contributed by atoms with Gasteiger partial charge in [-0.3, -0.25) is 4.79 Å². The first-order chi connectivity index (χ1) is 11.1. The summed E-state index contributed by atoms with van der Waals surface area (Å²) in [6, 6.07) is 10.9. The minimum Gasteiger partial charge on any atom is -0.497 e. The molecule has 0 aliphatic heterocycles. The van der Waals surface area contributed by atoms with E-state index in [0.717, 1.165) is 21.5 Å². The summed E-state index contributed by atoms with van der Waals surface area (Å²) >= 11 is 1.44. The molecule has 0 aliphatic carbocycles. The second-order valence-corrected chi connectivity index (χ2v) is 6.20. The third kappa shape index (κ3) is 3.18. The van der Waals surface area contributed by atoms with Gasteiger partial charge in [-0.2, -0.15) is 0 Å². The second-order valence-electron chi connectivity index (χ2n) is 5.08. The highest BCUT2D eigenvalue weighted by Crippen LogP contribution is 2.25. The number of aliphatic hydroxyl groups excluding tert-OH is 1. The van der Waals surface area contributed by atoms with E-state index in [4.69, 9.17) is 9.84 Å². The summed E-state index contributed by atoms with van der Waals surface area (Å²) in [5, 5.41) is 12.7. The van der Waals surface area contributed by atoms with Gasteiger partial charge in [-0.05, 0) is 48.9 Å². The standard InChI is InChI=1S/C17H16N2O3S/c1-10-7-12(22-2)4-5-13(10)17(21)18-11-3-6-15-14(8-11)19-16(9-20)23-15/h3-8,20H,9H2,1-2H3,(H,18,21). The third-order valence-corrected chi connectivity index (χ3v) is 4.52. The van der Waals surface area contributed by atoms with E-state index in [1.165, 1.54) is 11.3 Å². The highest BCUT2D eigenvalue weighted by molar-refractivity contribution is 7.18. The number of benzene rings is 2. The number of hydrogen-bond acceptors (Lipinski definition) is 5. The fourth-order valence-electron chi connectivity index (χ4n) is 2.34. The zero-order valence-electron chi connectivity index (χ0n) is 12.8. The molecule has 1 amide bonds. The van der Waals surface area contributed by atoms with Crippen molar-refractivity contribution < 1.29 is 14.6 Å². The van der Waals surface area contributed by atoms with Gasteiger partial charge in [-0.25, -0.2) is 4.98 Å². The Balaban J connectivity index is 1.84. The number of fused-ring (bicyclic) bond motifs is 1. The van der Waals surface area contributed by atoms with Crippen LogP contribution in [-0.4, -0.2) is 23.1 Å². The minimum atomic E-state index is -0.179. The molecule has 0 saturated carbocycles. The summed E-state index contributed by atoms with van der Waals surface area (Å²) in [6.45, 7) is 1.79. The van der Waals surface area contributed by atoms with E-state index in [-0.39, 0.29) is 12.5 Å². The summed E-state index contributed by atoms with van der Waals surface area (Å²) in [5.74, 6) is 0.543. The molecule has 0 saturated heterocycles. The number of nitrogens with zero attached hydrogens (tertiary/aromatic N) is 1. The lowest BCUT2D eigenvalue weighted by Gasteiger charge is -2.09. The van der Waals surface area contributed by atoms with Crippen molar-refractivity contribution in [3.8, 4) is 5.75 Å². The van der Waals surface area contributed by atoms with Crippen LogP contribution in [0.4, 0.5) is 5.69 Å². The molecule has 2 N–H and O–H groups in total. The summed E-state index contributed by atoms with van der Waals surface area (Å²) in [7, 11) is 1.60. The van der Waals surface area contributed by atoms with Crippen LogP contribution in [0.3, 0.4) is 0 Å². The van der Waals surface area contributed by atoms with E-state index in [1.807, 2.05) is 31.2 Å². The number of aryl methyl sites for hydroxylation is 1. The molecule has 0 bridgehead atoms. The maximum Gasteiger partial charge on any atom is 0.255 e. The van der Waals surface area contributed by atoms with E-state index >= 15 is 0 Å². The molecule has 0 aliphatic rings. The van der Waals surface area contributed by atoms with E-state index in [2.05, 4.69) is 10.3 Å². The van der Waals surface area contributed by atoms with Crippen LogP contribution in [0.25, 0.3) is 10.2 Å². The van der Waals surface area contributed by atoms with Gasteiger partial charge in [0, 0.05) is 11.3 Å². The van der Waals surface area contributed by atoms with Crippen molar-refractivity contribution in [2.24, 2.45) is 0 Å². The van der Waals surface area contributed by atoms with Gasteiger partial charge < -0.3 is 15.2 Å². The SMILES string of the molecule is COc1ccc(C(=O)Nc2ccc3sc(CO)nc3c2)c(C)c1.